The molecule has 0 unspecified atom stereocenters. The van der Waals surface area contributed by atoms with Crippen LogP contribution >= 0.6 is 0 Å². The monoisotopic (exact) mass is 268 g/mol. The van der Waals surface area contributed by atoms with Crippen LogP contribution < -0.4 is 0 Å². The number of benzene rings is 1. The molecule has 0 radical (unpaired) electrons. The summed E-state index contributed by atoms with van der Waals surface area (Å²) in [5, 5.41) is 29.0. The molecular weight excluding hydrogens is 252 g/mol. The Labute approximate surface area is 110 Å². The van der Waals surface area contributed by atoms with Gasteiger partial charge in [0.05, 0.1) is 6.61 Å². The molecule has 0 saturated carbocycles. The molecule has 0 aromatic heterocycles. The summed E-state index contributed by atoms with van der Waals surface area (Å²) in [6, 6.07) is 9.31. The smallest absolute Gasteiger partial charge is 0.184 e. The molecule has 19 heavy (non-hydrogen) atoms. The number of ether oxygens (including phenoxy) is 3. The van der Waals surface area contributed by atoms with Gasteiger partial charge >= 0.3 is 0 Å². The Kier molecular flexibility index (Phi) is 3.53. The first kappa shape index (κ1) is 13.0. The van der Waals surface area contributed by atoms with Crippen LogP contribution in [-0.4, -0.2) is 52.6 Å². The van der Waals surface area contributed by atoms with E-state index < -0.39 is 37.0 Å². The lowest BCUT2D eigenvalue weighted by molar-refractivity contribution is -0.354. The average Bonchev–Trinajstić information content (AvgIpc) is 2.46. The fraction of sp³-hybridized carbons (Fsp3) is 0.538. The third-order valence-electron chi connectivity index (χ3n) is 3.42. The average molecular weight is 268 g/mol. The minimum Gasteiger partial charge on any atom is -0.387 e. The van der Waals surface area contributed by atoms with Crippen LogP contribution in [0, 0.1) is 0 Å². The van der Waals surface area contributed by atoms with E-state index >= 15 is 0 Å². The SMILES string of the molecule is O[C@@H]1[C@@H](O)[C@H](O)O[C@@H]2CO[C@H](c3ccccc3)O[C@@H]12. The van der Waals surface area contributed by atoms with E-state index in [9.17, 15) is 15.3 Å². The van der Waals surface area contributed by atoms with Crippen molar-refractivity contribution < 1.29 is 29.5 Å². The predicted octanol–water partition coefficient (Wildman–Crippen LogP) is -0.460. The van der Waals surface area contributed by atoms with Gasteiger partial charge in [0.25, 0.3) is 0 Å². The maximum absolute atomic E-state index is 9.94. The van der Waals surface area contributed by atoms with Gasteiger partial charge in [0.2, 0.25) is 0 Å². The van der Waals surface area contributed by atoms with Gasteiger partial charge in [-0.1, -0.05) is 30.3 Å². The van der Waals surface area contributed by atoms with Gasteiger partial charge in [0.15, 0.2) is 12.6 Å². The van der Waals surface area contributed by atoms with Crippen molar-refractivity contribution in [2.45, 2.75) is 37.0 Å². The number of hydrogen-bond acceptors (Lipinski definition) is 6. The van der Waals surface area contributed by atoms with E-state index in [4.69, 9.17) is 14.2 Å². The van der Waals surface area contributed by atoms with Gasteiger partial charge < -0.3 is 29.5 Å². The van der Waals surface area contributed by atoms with Gasteiger partial charge in [-0.3, -0.25) is 0 Å². The first-order chi connectivity index (χ1) is 9.16. The molecule has 2 fully saturated rings. The van der Waals surface area contributed by atoms with Crippen LogP contribution in [0.4, 0.5) is 0 Å². The number of hydrogen-bond donors (Lipinski definition) is 3. The van der Waals surface area contributed by atoms with Crippen molar-refractivity contribution in [2.75, 3.05) is 6.61 Å². The lowest BCUT2D eigenvalue weighted by Crippen LogP contribution is -2.61. The summed E-state index contributed by atoms with van der Waals surface area (Å²) in [6.07, 6.45) is -5.93. The molecule has 1 aromatic carbocycles. The van der Waals surface area contributed by atoms with Gasteiger partial charge in [0, 0.05) is 5.56 Å². The highest BCUT2D eigenvalue weighted by Crippen LogP contribution is 2.33. The first-order valence-corrected chi connectivity index (χ1v) is 6.18. The Balaban J connectivity index is 1.75. The van der Waals surface area contributed by atoms with Crippen LogP contribution in [0.2, 0.25) is 0 Å². The van der Waals surface area contributed by atoms with E-state index in [-0.39, 0.29) is 6.61 Å². The Morgan fingerprint density at radius 2 is 1.68 bits per heavy atom. The molecule has 0 bridgehead atoms. The van der Waals surface area contributed by atoms with E-state index in [1.165, 1.54) is 0 Å². The van der Waals surface area contributed by atoms with Crippen molar-refractivity contribution in [3.63, 3.8) is 0 Å². The molecule has 6 atom stereocenters. The van der Waals surface area contributed by atoms with E-state index in [0.29, 0.717) is 0 Å². The number of aliphatic hydroxyl groups excluding tert-OH is 3. The molecule has 0 aliphatic carbocycles. The number of aliphatic hydroxyl groups is 3. The third-order valence-corrected chi connectivity index (χ3v) is 3.42. The van der Waals surface area contributed by atoms with Crippen molar-refractivity contribution in [3.8, 4) is 0 Å². The van der Waals surface area contributed by atoms with Gasteiger partial charge in [-0.25, -0.2) is 0 Å². The van der Waals surface area contributed by atoms with Crippen LogP contribution in [0.25, 0.3) is 0 Å². The van der Waals surface area contributed by atoms with E-state index in [1.807, 2.05) is 30.3 Å². The minimum absolute atomic E-state index is 0.186. The van der Waals surface area contributed by atoms with Gasteiger partial charge in [-0.05, 0) is 0 Å². The molecule has 104 valence electrons. The highest BCUT2D eigenvalue weighted by molar-refractivity contribution is 5.16. The summed E-state index contributed by atoms with van der Waals surface area (Å²) in [6.45, 7) is 0.186. The molecule has 0 amide bonds. The molecule has 1 aromatic rings. The summed E-state index contributed by atoms with van der Waals surface area (Å²) in [7, 11) is 0. The molecule has 3 rings (SSSR count). The maximum atomic E-state index is 9.94. The zero-order valence-electron chi connectivity index (χ0n) is 10.1. The van der Waals surface area contributed by atoms with Crippen molar-refractivity contribution in [1.29, 1.82) is 0 Å². The third kappa shape index (κ3) is 2.38. The zero-order chi connectivity index (χ0) is 13.4. The molecule has 6 nitrogen and oxygen atoms in total. The molecule has 3 N–H and O–H groups in total. The van der Waals surface area contributed by atoms with Gasteiger partial charge in [-0.2, -0.15) is 0 Å². The lowest BCUT2D eigenvalue weighted by atomic mass is 9.98. The summed E-state index contributed by atoms with van der Waals surface area (Å²) in [4.78, 5) is 0. The Morgan fingerprint density at radius 3 is 2.42 bits per heavy atom. The van der Waals surface area contributed by atoms with Gasteiger partial charge in [0.1, 0.15) is 24.4 Å². The van der Waals surface area contributed by atoms with Gasteiger partial charge in [-0.15, -0.1) is 0 Å². The van der Waals surface area contributed by atoms with Crippen LogP contribution in [-0.2, 0) is 14.2 Å². The standard InChI is InChI=1S/C13H16O6/c14-9-10(15)12(16)18-8-6-17-13(19-11(8)9)7-4-2-1-3-5-7/h1-5,8-16H,6H2/t8-,9-,10-,11-,12-,13+/m1/s1. The van der Waals surface area contributed by atoms with Crippen LogP contribution in [0.1, 0.15) is 11.9 Å². The second-order valence-corrected chi connectivity index (χ2v) is 4.72. The molecule has 6 heteroatoms. The number of rotatable bonds is 1. The second kappa shape index (κ2) is 5.16. The molecule has 2 heterocycles. The summed E-state index contributed by atoms with van der Waals surface area (Å²) in [5.41, 5.74) is 0.828. The van der Waals surface area contributed by atoms with E-state index in [1.54, 1.807) is 0 Å². The summed E-state index contributed by atoms with van der Waals surface area (Å²) < 4.78 is 16.3. The summed E-state index contributed by atoms with van der Waals surface area (Å²) >= 11 is 0. The Bertz CT molecular complexity index is 422. The summed E-state index contributed by atoms with van der Waals surface area (Å²) in [5.74, 6) is 0. The molecule has 2 saturated heterocycles. The van der Waals surface area contributed by atoms with Crippen molar-refractivity contribution in [2.24, 2.45) is 0 Å². The van der Waals surface area contributed by atoms with Crippen LogP contribution in [0.5, 0.6) is 0 Å². The lowest BCUT2D eigenvalue weighted by Gasteiger charge is -2.45. The highest BCUT2D eigenvalue weighted by atomic mass is 16.7. The molecule has 2 aliphatic heterocycles. The Morgan fingerprint density at radius 1 is 0.947 bits per heavy atom. The molecule has 0 spiro atoms. The quantitative estimate of drug-likeness (QED) is 0.639. The highest BCUT2D eigenvalue weighted by Gasteiger charge is 2.48. The Hall–Kier alpha value is -1.02. The van der Waals surface area contributed by atoms with Crippen LogP contribution in [0.3, 0.4) is 0 Å². The van der Waals surface area contributed by atoms with Crippen molar-refractivity contribution >= 4 is 0 Å². The van der Waals surface area contributed by atoms with Crippen molar-refractivity contribution in [1.82, 2.24) is 0 Å². The zero-order valence-corrected chi connectivity index (χ0v) is 10.1. The normalized spacial score (nSPS) is 42.7. The molecular formula is C13H16O6. The second-order valence-electron chi connectivity index (χ2n) is 4.72. The van der Waals surface area contributed by atoms with Crippen LogP contribution in [0.15, 0.2) is 30.3 Å². The first-order valence-electron chi connectivity index (χ1n) is 6.18. The fourth-order valence-electron chi connectivity index (χ4n) is 2.37. The van der Waals surface area contributed by atoms with Crippen molar-refractivity contribution in [3.05, 3.63) is 35.9 Å². The molecule has 2 aliphatic rings. The maximum Gasteiger partial charge on any atom is 0.184 e. The largest absolute Gasteiger partial charge is 0.387 e. The minimum atomic E-state index is -1.42. The topological polar surface area (TPSA) is 88.4 Å². The van der Waals surface area contributed by atoms with E-state index in [2.05, 4.69) is 0 Å². The fourth-order valence-corrected chi connectivity index (χ4v) is 2.37. The number of fused-ring (bicyclic) bond motifs is 1. The van der Waals surface area contributed by atoms with E-state index in [0.717, 1.165) is 5.56 Å². The predicted molar refractivity (Wildman–Crippen MR) is 62.9 cm³/mol.